The van der Waals surface area contributed by atoms with Crippen molar-refractivity contribution in [3.63, 3.8) is 0 Å². The number of nitrogens with zero attached hydrogens (tertiary/aromatic N) is 2. The van der Waals surface area contributed by atoms with E-state index in [2.05, 4.69) is 18.9 Å². The monoisotopic (exact) mass is 236 g/mol. The Balaban J connectivity index is 2.36. The van der Waals surface area contributed by atoms with E-state index in [1.54, 1.807) is 4.68 Å². The lowest BCUT2D eigenvalue weighted by atomic mass is 9.92. The normalized spacial score (nSPS) is 12.6. The lowest BCUT2D eigenvalue weighted by Gasteiger charge is -2.12. The van der Waals surface area contributed by atoms with Crippen LogP contribution in [0.15, 0.2) is 12.4 Å². The van der Waals surface area contributed by atoms with E-state index >= 15 is 0 Å². The van der Waals surface area contributed by atoms with Crippen molar-refractivity contribution in [1.29, 1.82) is 0 Å². The second-order valence-corrected chi connectivity index (χ2v) is 4.74. The van der Waals surface area contributed by atoms with E-state index in [0.29, 0.717) is 12.2 Å². The van der Waals surface area contributed by atoms with Crippen molar-refractivity contribution in [3.8, 4) is 0 Å². The number of carbonyl (C=O) groups excluding carboxylic acids is 1. The molecule has 0 aliphatic heterocycles. The highest BCUT2D eigenvalue weighted by Crippen LogP contribution is 2.16. The largest absolute Gasteiger partial charge is 0.299 e. The molecule has 0 aromatic carbocycles. The molecule has 0 fully saturated rings. The van der Waals surface area contributed by atoms with Crippen LogP contribution in [0.2, 0.25) is 0 Å². The summed E-state index contributed by atoms with van der Waals surface area (Å²) in [6, 6.07) is 0. The highest BCUT2D eigenvalue weighted by Gasteiger charge is 2.15. The molecule has 0 aliphatic carbocycles. The number of aryl methyl sites for hydroxylation is 2. The summed E-state index contributed by atoms with van der Waals surface area (Å²) in [4.78, 5) is 12.0. The molecule has 0 N–H and O–H groups in total. The minimum absolute atomic E-state index is 0.270. The zero-order chi connectivity index (χ0) is 12.7. The Morgan fingerprint density at radius 2 is 2.24 bits per heavy atom. The highest BCUT2D eigenvalue weighted by atomic mass is 16.1. The van der Waals surface area contributed by atoms with Gasteiger partial charge < -0.3 is 0 Å². The molecule has 1 aromatic rings. The molecule has 1 aromatic heterocycles. The van der Waals surface area contributed by atoms with Gasteiger partial charge in [0.2, 0.25) is 0 Å². The van der Waals surface area contributed by atoms with Gasteiger partial charge in [-0.15, -0.1) is 0 Å². The summed E-state index contributed by atoms with van der Waals surface area (Å²) in [5.74, 6) is 0.691. The van der Waals surface area contributed by atoms with Crippen molar-refractivity contribution in [2.45, 2.75) is 52.4 Å². The molecule has 0 spiro atoms. The van der Waals surface area contributed by atoms with Gasteiger partial charge in [0.1, 0.15) is 5.78 Å². The van der Waals surface area contributed by atoms with Crippen molar-refractivity contribution in [2.75, 3.05) is 0 Å². The van der Waals surface area contributed by atoms with Crippen LogP contribution < -0.4 is 0 Å². The number of Topliss-reactive ketones (excluding diaryl/α,β-unsaturated/α-hetero) is 1. The zero-order valence-electron chi connectivity index (χ0n) is 11.3. The van der Waals surface area contributed by atoms with Crippen LogP contribution in [0.1, 0.15) is 51.5 Å². The van der Waals surface area contributed by atoms with E-state index in [0.717, 1.165) is 31.2 Å². The first kappa shape index (κ1) is 13.9. The Kier molecular flexibility index (Phi) is 5.95. The third-order valence-corrected chi connectivity index (χ3v) is 3.27. The molecule has 1 heterocycles. The Hall–Kier alpha value is -1.12. The molecule has 0 aliphatic rings. The van der Waals surface area contributed by atoms with Crippen LogP contribution in [0.3, 0.4) is 0 Å². The fourth-order valence-corrected chi connectivity index (χ4v) is 2.12. The van der Waals surface area contributed by atoms with Gasteiger partial charge in [-0.05, 0) is 24.8 Å². The highest BCUT2D eigenvalue weighted by molar-refractivity contribution is 5.81. The van der Waals surface area contributed by atoms with Gasteiger partial charge in [-0.2, -0.15) is 5.10 Å². The number of carbonyl (C=O) groups is 1. The van der Waals surface area contributed by atoms with Crippen molar-refractivity contribution in [1.82, 2.24) is 9.78 Å². The summed E-state index contributed by atoms with van der Waals surface area (Å²) in [6.45, 7) is 4.29. The summed E-state index contributed by atoms with van der Waals surface area (Å²) >= 11 is 0. The van der Waals surface area contributed by atoms with Crippen LogP contribution in [0.25, 0.3) is 0 Å². The third-order valence-electron chi connectivity index (χ3n) is 3.27. The Bertz CT molecular complexity index is 344. The van der Waals surface area contributed by atoms with E-state index < -0.39 is 0 Å². The minimum atomic E-state index is 0.270. The fraction of sp³-hybridized carbons (Fsp3) is 0.714. The molecule has 0 amide bonds. The van der Waals surface area contributed by atoms with Gasteiger partial charge in [-0.25, -0.2) is 0 Å². The molecular formula is C14H24N2O. The summed E-state index contributed by atoms with van der Waals surface area (Å²) < 4.78 is 1.79. The number of rotatable bonds is 8. The van der Waals surface area contributed by atoms with Crippen LogP contribution in [0, 0.1) is 5.92 Å². The molecule has 0 radical (unpaired) electrons. The van der Waals surface area contributed by atoms with Crippen molar-refractivity contribution < 1.29 is 4.79 Å². The second-order valence-electron chi connectivity index (χ2n) is 4.74. The maximum absolute atomic E-state index is 12.0. The molecule has 3 heteroatoms. The maximum atomic E-state index is 12.0. The van der Waals surface area contributed by atoms with E-state index in [-0.39, 0.29) is 5.92 Å². The molecule has 1 rings (SSSR count). The van der Waals surface area contributed by atoms with E-state index in [9.17, 15) is 4.79 Å². The number of ketones is 1. The van der Waals surface area contributed by atoms with Crippen molar-refractivity contribution in [2.24, 2.45) is 13.0 Å². The standard InChI is InChI=1S/C14H24N2O/c1-4-6-7-13(5-2)14(17)9-8-12-10-15-16(3)11-12/h10-11,13H,4-9H2,1-3H3. The van der Waals surface area contributed by atoms with Crippen molar-refractivity contribution in [3.05, 3.63) is 18.0 Å². The Morgan fingerprint density at radius 3 is 2.76 bits per heavy atom. The van der Waals surface area contributed by atoms with Gasteiger partial charge in [-0.3, -0.25) is 9.48 Å². The number of unbranched alkanes of at least 4 members (excludes halogenated alkanes) is 1. The summed E-state index contributed by atoms with van der Waals surface area (Å²) in [5.41, 5.74) is 1.16. The summed E-state index contributed by atoms with van der Waals surface area (Å²) in [7, 11) is 1.90. The quantitative estimate of drug-likeness (QED) is 0.695. The zero-order valence-corrected chi connectivity index (χ0v) is 11.3. The molecular weight excluding hydrogens is 212 g/mol. The third kappa shape index (κ3) is 4.72. The first-order valence-corrected chi connectivity index (χ1v) is 6.67. The number of hydrogen-bond acceptors (Lipinski definition) is 2. The van der Waals surface area contributed by atoms with Crippen LogP contribution in [-0.2, 0) is 18.3 Å². The molecule has 1 atom stereocenters. The van der Waals surface area contributed by atoms with Gasteiger partial charge in [0.25, 0.3) is 0 Å². The van der Waals surface area contributed by atoms with Gasteiger partial charge >= 0.3 is 0 Å². The van der Waals surface area contributed by atoms with E-state index in [1.807, 2.05) is 19.4 Å². The number of hydrogen-bond donors (Lipinski definition) is 0. The lowest BCUT2D eigenvalue weighted by molar-refractivity contribution is -0.123. The molecule has 0 saturated heterocycles. The first-order valence-electron chi connectivity index (χ1n) is 6.67. The Morgan fingerprint density at radius 1 is 1.47 bits per heavy atom. The van der Waals surface area contributed by atoms with E-state index in [1.165, 1.54) is 6.42 Å². The molecule has 3 nitrogen and oxygen atoms in total. The fourth-order valence-electron chi connectivity index (χ4n) is 2.12. The predicted octanol–water partition coefficient (Wildman–Crippen LogP) is 3.14. The Labute approximate surface area is 104 Å². The minimum Gasteiger partial charge on any atom is -0.299 e. The van der Waals surface area contributed by atoms with Gasteiger partial charge in [0.15, 0.2) is 0 Å². The van der Waals surface area contributed by atoms with Gasteiger partial charge in [-0.1, -0.05) is 26.7 Å². The molecule has 0 bridgehead atoms. The van der Waals surface area contributed by atoms with Gasteiger partial charge in [0.05, 0.1) is 6.20 Å². The number of aromatic nitrogens is 2. The van der Waals surface area contributed by atoms with Crippen LogP contribution in [0.5, 0.6) is 0 Å². The lowest BCUT2D eigenvalue weighted by Crippen LogP contribution is -2.14. The average Bonchev–Trinajstić information content (AvgIpc) is 2.73. The summed E-state index contributed by atoms with van der Waals surface area (Å²) in [5, 5.41) is 4.11. The first-order chi connectivity index (χ1) is 8.17. The average molecular weight is 236 g/mol. The SMILES string of the molecule is CCCCC(CC)C(=O)CCc1cnn(C)c1. The van der Waals surface area contributed by atoms with Gasteiger partial charge in [0, 0.05) is 25.6 Å². The summed E-state index contributed by atoms with van der Waals surface area (Å²) in [6.07, 6.45) is 9.69. The predicted molar refractivity (Wildman–Crippen MR) is 69.8 cm³/mol. The molecule has 1 unspecified atom stereocenters. The van der Waals surface area contributed by atoms with Crippen LogP contribution in [0.4, 0.5) is 0 Å². The second kappa shape index (κ2) is 7.25. The molecule has 17 heavy (non-hydrogen) atoms. The smallest absolute Gasteiger partial charge is 0.136 e. The van der Waals surface area contributed by atoms with E-state index in [4.69, 9.17) is 0 Å². The maximum Gasteiger partial charge on any atom is 0.136 e. The topological polar surface area (TPSA) is 34.9 Å². The molecule has 96 valence electrons. The van der Waals surface area contributed by atoms with Crippen LogP contribution in [-0.4, -0.2) is 15.6 Å². The molecule has 0 saturated carbocycles. The van der Waals surface area contributed by atoms with Crippen molar-refractivity contribution >= 4 is 5.78 Å². The van der Waals surface area contributed by atoms with Crippen LogP contribution >= 0.6 is 0 Å².